The third-order valence-corrected chi connectivity index (χ3v) is 3.10. The Bertz CT molecular complexity index is 596. The fraction of sp³-hybridized carbons (Fsp3) is 0.462. The minimum atomic E-state index is -0.453. The lowest BCUT2D eigenvalue weighted by Gasteiger charge is -2.14. The number of nitrogens with two attached hydrogens (primary N) is 1. The lowest BCUT2D eigenvalue weighted by atomic mass is 10.1. The van der Waals surface area contributed by atoms with Gasteiger partial charge in [-0.05, 0) is 12.5 Å². The van der Waals surface area contributed by atoms with E-state index in [0.717, 1.165) is 19.3 Å². The Balaban J connectivity index is 2.16. The molecule has 7 heteroatoms. The van der Waals surface area contributed by atoms with Gasteiger partial charge in [-0.3, -0.25) is 10.1 Å². The average molecular weight is 278 g/mol. The molecule has 0 saturated carbocycles. The highest BCUT2D eigenvalue weighted by Gasteiger charge is 2.14. The number of nitrogens with one attached hydrogen (secondary N) is 1. The number of anilines is 1. The van der Waals surface area contributed by atoms with Crippen LogP contribution in [0.1, 0.15) is 26.2 Å². The summed E-state index contributed by atoms with van der Waals surface area (Å²) in [5, 5.41) is 13.8. The van der Waals surface area contributed by atoms with E-state index in [2.05, 4.69) is 17.2 Å². The third-order valence-electron chi connectivity index (χ3n) is 3.10. The van der Waals surface area contributed by atoms with Crippen molar-refractivity contribution in [2.24, 2.45) is 5.73 Å². The van der Waals surface area contributed by atoms with Gasteiger partial charge in [0, 0.05) is 24.7 Å². The van der Waals surface area contributed by atoms with Crippen molar-refractivity contribution in [2.45, 2.75) is 32.2 Å². The molecule has 1 aromatic heterocycles. The number of non-ortho nitro benzene ring substituents is 1. The summed E-state index contributed by atoms with van der Waals surface area (Å²) in [7, 11) is 0. The fourth-order valence-corrected chi connectivity index (χ4v) is 1.97. The lowest BCUT2D eigenvalue weighted by molar-refractivity contribution is -0.384. The van der Waals surface area contributed by atoms with Crippen LogP contribution in [0.2, 0.25) is 0 Å². The van der Waals surface area contributed by atoms with E-state index >= 15 is 0 Å². The molecule has 1 heterocycles. The van der Waals surface area contributed by atoms with E-state index in [1.807, 2.05) is 0 Å². The Morgan fingerprint density at radius 3 is 3.00 bits per heavy atom. The Kier molecular flexibility index (Phi) is 4.52. The molecule has 20 heavy (non-hydrogen) atoms. The van der Waals surface area contributed by atoms with Crippen molar-refractivity contribution >= 4 is 22.8 Å². The van der Waals surface area contributed by atoms with Crippen LogP contribution in [0, 0.1) is 10.1 Å². The molecule has 2 rings (SSSR count). The largest absolute Gasteiger partial charge is 0.424 e. The van der Waals surface area contributed by atoms with Crippen molar-refractivity contribution in [1.82, 2.24) is 4.98 Å². The van der Waals surface area contributed by atoms with Crippen LogP contribution < -0.4 is 11.1 Å². The van der Waals surface area contributed by atoms with E-state index in [0.29, 0.717) is 23.7 Å². The van der Waals surface area contributed by atoms with Gasteiger partial charge in [0.2, 0.25) is 0 Å². The van der Waals surface area contributed by atoms with Crippen LogP contribution in [0.3, 0.4) is 0 Å². The van der Waals surface area contributed by atoms with Gasteiger partial charge in [0.25, 0.3) is 11.7 Å². The molecule has 2 aromatic rings. The fourth-order valence-electron chi connectivity index (χ4n) is 1.97. The smallest absolute Gasteiger partial charge is 0.295 e. The molecule has 0 spiro atoms. The Hall–Kier alpha value is -2.15. The SMILES string of the molecule is CCCCC(CN)Nc1nc2cc([N+](=O)[O-])ccc2o1. The molecule has 1 unspecified atom stereocenters. The molecule has 0 aliphatic carbocycles. The Morgan fingerprint density at radius 2 is 2.35 bits per heavy atom. The maximum absolute atomic E-state index is 10.7. The van der Waals surface area contributed by atoms with Crippen molar-refractivity contribution in [2.75, 3.05) is 11.9 Å². The van der Waals surface area contributed by atoms with Crippen LogP contribution in [0.25, 0.3) is 11.1 Å². The molecular formula is C13H18N4O3. The van der Waals surface area contributed by atoms with Gasteiger partial charge in [0.05, 0.1) is 4.92 Å². The molecule has 7 nitrogen and oxygen atoms in total. The molecular weight excluding hydrogens is 260 g/mol. The molecule has 0 radical (unpaired) electrons. The quantitative estimate of drug-likeness (QED) is 0.595. The summed E-state index contributed by atoms with van der Waals surface area (Å²) in [6.45, 7) is 2.60. The number of nitrogens with zero attached hydrogens (tertiary/aromatic N) is 2. The average Bonchev–Trinajstić information content (AvgIpc) is 2.84. The molecule has 0 aliphatic heterocycles. The van der Waals surface area contributed by atoms with Crippen molar-refractivity contribution < 1.29 is 9.34 Å². The van der Waals surface area contributed by atoms with Crippen molar-refractivity contribution in [3.8, 4) is 0 Å². The monoisotopic (exact) mass is 278 g/mol. The van der Waals surface area contributed by atoms with E-state index < -0.39 is 4.92 Å². The van der Waals surface area contributed by atoms with Gasteiger partial charge in [0.15, 0.2) is 5.58 Å². The van der Waals surface area contributed by atoms with E-state index in [1.165, 1.54) is 12.1 Å². The summed E-state index contributed by atoms with van der Waals surface area (Å²) in [6.07, 6.45) is 3.10. The normalized spacial score (nSPS) is 12.5. The summed E-state index contributed by atoms with van der Waals surface area (Å²) in [6, 6.07) is 4.79. The van der Waals surface area contributed by atoms with Gasteiger partial charge in [0.1, 0.15) is 5.52 Å². The topological polar surface area (TPSA) is 107 Å². The molecule has 108 valence electrons. The minimum Gasteiger partial charge on any atom is -0.424 e. The second-order valence-corrected chi connectivity index (χ2v) is 4.65. The zero-order valence-corrected chi connectivity index (χ0v) is 11.3. The number of nitro benzene ring substituents is 1. The zero-order chi connectivity index (χ0) is 14.5. The molecule has 1 atom stereocenters. The Morgan fingerprint density at radius 1 is 1.55 bits per heavy atom. The number of nitro groups is 1. The third kappa shape index (κ3) is 3.24. The standard InChI is InChI=1S/C13H18N4O3/c1-2-3-4-9(8-14)15-13-16-11-7-10(17(18)19)5-6-12(11)20-13/h5-7,9H,2-4,8,14H2,1H3,(H,15,16). The summed E-state index contributed by atoms with van der Waals surface area (Å²) in [5.74, 6) is 0. The summed E-state index contributed by atoms with van der Waals surface area (Å²) in [4.78, 5) is 14.5. The number of rotatable bonds is 7. The minimum absolute atomic E-state index is 0.00120. The maximum atomic E-state index is 10.7. The van der Waals surface area contributed by atoms with Crippen molar-refractivity contribution in [1.29, 1.82) is 0 Å². The number of aromatic nitrogens is 1. The number of unbranched alkanes of at least 4 members (excludes halogenated alkanes) is 1. The van der Waals surface area contributed by atoms with Crippen LogP contribution in [0.4, 0.5) is 11.7 Å². The van der Waals surface area contributed by atoms with Crippen molar-refractivity contribution in [3.05, 3.63) is 28.3 Å². The lowest BCUT2D eigenvalue weighted by Crippen LogP contribution is -2.28. The number of oxazole rings is 1. The molecule has 0 bridgehead atoms. The first-order chi connectivity index (χ1) is 9.63. The second-order valence-electron chi connectivity index (χ2n) is 4.65. The predicted molar refractivity (Wildman–Crippen MR) is 76.7 cm³/mol. The number of hydrogen-bond acceptors (Lipinski definition) is 6. The molecule has 1 aromatic carbocycles. The van der Waals surface area contributed by atoms with Crippen LogP contribution >= 0.6 is 0 Å². The zero-order valence-electron chi connectivity index (χ0n) is 11.3. The molecule has 0 amide bonds. The van der Waals surface area contributed by atoms with Crippen LogP contribution in [-0.2, 0) is 0 Å². The summed E-state index contributed by atoms with van der Waals surface area (Å²) >= 11 is 0. The van der Waals surface area contributed by atoms with Gasteiger partial charge in [-0.1, -0.05) is 19.8 Å². The van der Waals surface area contributed by atoms with E-state index in [4.69, 9.17) is 10.2 Å². The summed E-state index contributed by atoms with van der Waals surface area (Å²) in [5.41, 5.74) is 6.68. The first-order valence-corrected chi connectivity index (χ1v) is 6.65. The van der Waals surface area contributed by atoms with Crippen LogP contribution in [0.15, 0.2) is 22.6 Å². The molecule has 0 aliphatic rings. The second kappa shape index (κ2) is 6.33. The van der Waals surface area contributed by atoms with Gasteiger partial charge >= 0.3 is 0 Å². The molecule has 0 fully saturated rings. The number of fused-ring (bicyclic) bond motifs is 1. The molecule has 0 saturated heterocycles. The Labute approximate surface area is 116 Å². The maximum Gasteiger partial charge on any atom is 0.295 e. The summed E-state index contributed by atoms with van der Waals surface area (Å²) < 4.78 is 5.51. The van der Waals surface area contributed by atoms with Crippen LogP contribution in [-0.4, -0.2) is 22.5 Å². The van der Waals surface area contributed by atoms with E-state index in [1.54, 1.807) is 6.07 Å². The van der Waals surface area contributed by atoms with E-state index in [-0.39, 0.29) is 11.7 Å². The van der Waals surface area contributed by atoms with Crippen LogP contribution in [0.5, 0.6) is 0 Å². The number of hydrogen-bond donors (Lipinski definition) is 2. The highest BCUT2D eigenvalue weighted by molar-refractivity contribution is 5.77. The van der Waals surface area contributed by atoms with Gasteiger partial charge < -0.3 is 15.5 Å². The van der Waals surface area contributed by atoms with Gasteiger partial charge in [-0.2, -0.15) is 4.98 Å². The molecule has 3 N–H and O–H groups in total. The predicted octanol–water partition coefficient (Wildman–Crippen LogP) is 2.67. The first kappa shape index (κ1) is 14.3. The first-order valence-electron chi connectivity index (χ1n) is 6.65. The van der Waals surface area contributed by atoms with E-state index in [9.17, 15) is 10.1 Å². The number of benzene rings is 1. The van der Waals surface area contributed by atoms with Gasteiger partial charge in [-0.15, -0.1) is 0 Å². The van der Waals surface area contributed by atoms with Crippen molar-refractivity contribution in [3.63, 3.8) is 0 Å². The highest BCUT2D eigenvalue weighted by Crippen LogP contribution is 2.24. The highest BCUT2D eigenvalue weighted by atomic mass is 16.6. The van der Waals surface area contributed by atoms with Gasteiger partial charge in [-0.25, -0.2) is 0 Å².